The van der Waals surface area contributed by atoms with Crippen molar-refractivity contribution in [1.82, 2.24) is 9.88 Å². The number of aromatic nitrogens is 1. The molecule has 0 spiro atoms. The van der Waals surface area contributed by atoms with E-state index in [9.17, 15) is 14.7 Å². The van der Waals surface area contributed by atoms with E-state index in [2.05, 4.69) is 4.98 Å². The number of carbonyl (C=O) groups excluding carboxylic acids is 2. The van der Waals surface area contributed by atoms with Crippen LogP contribution in [0.25, 0.3) is 0 Å². The maximum Gasteiger partial charge on any atom is 0.270 e. The van der Waals surface area contributed by atoms with Crippen LogP contribution in [-0.2, 0) is 6.42 Å². The molecule has 1 unspecified atom stereocenters. The van der Waals surface area contributed by atoms with Crippen LogP contribution in [0.3, 0.4) is 0 Å². The van der Waals surface area contributed by atoms with E-state index in [1.165, 1.54) is 12.3 Å². The van der Waals surface area contributed by atoms with E-state index in [-0.39, 0.29) is 23.7 Å². The van der Waals surface area contributed by atoms with Gasteiger partial charge in [0.05, 0.1) is 17.7 Å². The Morgan fingerprint density at radius 3 is 2.83 bits per heavy atom. The molecule has 1 aromatic heterocycles. The van der Waals surface area contributed by atoms with Gasteiger partial charge >= 0.3 is 0 Å². The maximum atomic E-state index is 12.5. The number of aromatic amines is 1. The van der Waals surface area contributed by atoms with Gasteiger partial charge < -0.3 is 20.7 Å². The Morgan fingerprint density at radius 2 is 2.17 bits per heavy atom. The van der Waals surface area contributed by atoms with Crippen LogP contribution in [0.2, 0.25) is 5.02 Å². The number of β-amino-alcohol motifs (C(OH)–C–C–N with tert-alkyl or cyclic N) is 1. The topological polar surface area (TPSA) is 99.4 Å². The quantitative estimate of drug-likeness (QED) is 0.783. The average molecular weight is 348 g/mol. The molecule has 4 N–H and O–H groups in total. The Bertz CT molecular complexity index is 789. The number of nitrogens with one attached hydrogen (secondary N) is 1. The maximum absolute atomic E-state index is 12.5. The lowest BCUT2D eigenvalue weighted by Gasteiger charge is -2.23. The second-order valence-electron chi connectivity index (χ2n) is 6.17. The van der Waals surface area contributed by atoms with Gasteiger partial charge in [-0.1, -0.05) is 23.7 Å². The van der Waals surface area contributed by atoms with Crippen LogP contribution in [-0.4, -0.2) is 45.5 Å². The van der Waals surface area contributed by atoms with Crippen molar-refractivity contribution in [3.63, 3.8) is 0 Å². The summed E-state index contributed by atoms with van der Waals surface area (Å²) in [4.78, 5) is 27.9. The standard InChI is InChI=1S/C17H18ClN3O3/c18-13-3-1-2-11(6-13)8-17(24)4-5-21(10-17)16(23)14-7-12(9-20-14)15(19)22/h1-3,6-7,9,20,24H,4-5,8,10H2,(H2,19,22). The largest absolute Gasteiger partial charge is 0.388 e. The van der Waals surface area contributed by atoms with Gasteiger partial charge in [-0.05, 0) is 30.2 Å². The van der Waals surface area contributed by atoms with Crippen LogP contribution in [0.15, 0.2) is 36.5 Å². The number of hydrogen-bond acceptors (Lipinski definition) is 3. The summed E-state index contributed by atoms with van der Waals surface area (Å²) in [6, 6.07) is 8.76. The third-order valence-corrected chi connectivity index (χ3v) is 4.47. The van der Waals surface area contributed by atoms with Crippen LogP contribution in [0, 0.1) is 0 Å². The van der Waals surface area contributed by atoms with Crippen LogP contribution in [0.4, 0.5) is 0 Å². The summed E-state index contributed by atoms with van der Waals surface area (Å²) < 4.78 is 0. The molecule has 1 aliphatic heterocycles. The predicted octanol–water partition coefficient (Wildman–Crippen LogP) is 1.59. The Morgan fingerprint density at radius 1 is 1.38 bits per heavy atom. The number of primary amides is 1. The first-order chi connectivity index (χ1) is 11.4. The molecule has 1 atom stereocenters. The second-order valence-corrected chi connectivity index (χ2v) is 6.61. The number of benzene rings is 1. The fraction of sp³-hybridized carbons (Fsp3) is 0.294. The van der Waals surface area contributed by atoms with Gasteiger partial charge in [0, 0.05) is 24.2 Å². The van der Waals surface area contributed by atoms with Gasteiger partial charge in [0.2, 0.25) is 5.91 Å². The van der Waals surface area contributed by atoms with Crippen molar-refractivity contribution in [3.8, 4) is 0 Å². The van der Waals surface area contributed by atoms with Crippen LogP contribution in [0.1, 0.15) is 32.8 Å². The zero-order chi connectivity index (χ0) is 17.3. The summed E-state index contributed by atoms with van der Waals surface area (Å²) in [5, 5.41) is 11.4. The van der Waals surface area contributed by atoms with Gasteiger partial charge in [-0.3, -0.25) is 9.59 Å². The van der Waals surface area contributed by atoms with E-state index in [1.807, 2.05) is 18.2 Å². The van der Waals surface area contributed by atoms with Crippen LogP contribution >= 0.6 is 11.6 Å². The third kappa shape index (κ3) is 3.44. The molecule has 1 saturated heterocycles. The number of amides is 2. The van der Waals surface area contributed by atoms with E-state index in [0.29, 0.717) is 24.4 Å². The van der Waals surface area contributed by atoms with Crippen LogP contribution < -0.4 is 5.73 Å². The molecule has 6 nitrogen and oxygen atoms in total. The lowest BCUT2D eigenvalue weighted by atomic mass is 9.94. The highest BCUT2D eigenvalue weighted by Crippen LogP contribution is 2.27. The summed E-state index contributed by atoms with van der Waals surface area (Å²) in [5.41, 5.74) is 5.67. The SMILES string of the molecule is NC(=O)c1c[nH]c(C(=O)N2CCC(O)(Cc3cccc(Cl)c3)C2)c1. The first-order valence-corrected chi connectivity index (χ1v) is 7.98. The molecular formula is C17H18ClN3O3. The summed E-state index contributed by atoms with van der Waals surface area (Å²) in [6.45, 7) is 0.671. The summed E-state index contributed by atoms with van der Waals surface area (Å²) >= 11 is 5.97. The van der Waals surface area contributed by atoms with E-state index in [0.717, 1.165) is 5.56 Å². The van der Waals surface area contributed by atoms with Crippen molar-refractivity contribution < 1.29 is 14.7 Å². The molecule has 1 aromatic carbocycles. The summed E-state index contributed by atoms with van der Waals surface area (Å²) in [5.74, 6) is -0.853. The van der Waals surface area contributed by atoms with Gasteiger partial charge in [0.15, 0.2) is 0 Å². The minimum absolute atomic E-state index is 0.225. The first kappa shape index (κ1) is 16.5. The smallest absolute Gasteiger partial charge is 0.270 e. The van der Waals surface area contributed by atoms with Crippen molar-refractivity contribution >= 4 is 23.4 Å². The van der Waals surface area contributed by atoms with Gasteiger partial charge in [-0.15, -0.1) is 0 Å². The third-order valence-electron chi connectivity index (χ3n) is 4.24. The van der Waals surface area contributed by atoms with Crippen molar-refractivity contribution in [2.24, 2.45) is 5.73 Å². The van der Waals surface area contributed by atoms with E-state index >= 15 is 0 Å². The van der Waals surface area contributed by atoms with Gasteiger partial charge in [0.25, 0.3) is 5.91 Å². The van der Waals surface area contributed by atoms with Crippen LogP contribution in [0.5, 0.6) is 0 Å². The minimum Gasteiger partial charge on any atom is -0.388 e. The predicted molar refractivity (Wildman–Crippen MR) is 89.9 cm³/mol. The lowest BCUT2D eigenvalue weighted by molar-refractivity contribution is 0.0443. The fourth-order valence-electron chi connectivity index (χ4n) is 3.03. The molecule has 0 bridgehead atoms. The van der Waals surface area contributed by atoms with Gasteiger partial charge in [-0.2, -0.15) is 0 Å². The molecule has 0 radical (unpaired) electrons. The Balaban J connectivity index is 1.69. The van der Waals surface area contributed by atoms with E-state index in [4.69, 9.17) is 17.3 Å². The molecule has 2 amide bonds. The molecule has 3 rings (SSSR count). The fourth-order valence-corrected chi connectivity index (χ4v) is 3.24. The number of aliphatic hydroxyl groups is 1. The highest BCUT2D eigenvalue weighted by Gasteiger charge is 2.38. The molecule has 2 aromatic rings. The Labute approximate surface area is 144 Å². The number of rotatable bonds is 4. The summed E-state index contributed by atoms with van der Waals surface area (Å²) in [7, 11) is 0. The number of nitrogens with two attached hydrogens (primary N) is 1. The number of carbonyl (C=O) groups is 2. The van der Waals surface area contributed by atoms with E-state index < -0.39 is 11.5 Å². The number of nitrogens with zero attached hydrogens (tertiary/aromatic N) is 1. The zero-order valence-electron chi connectivity index (χ0n) is 13.0. The highest BCUT2D eigenvalue weighted by molar-refractivity contribution is 6.30. The van der Waals surface area contributed by atoms with Crippen molar-refractivity contribution in [2.45, 2.75) is 18.4 Å². The number of hydrogen-bond donors (Lipinski definition) is 3. The zero-order valence-corrected chi connectivity index (χ0v) is 13.7. The van der Waals surface area contributed by atoms with Crippen molar-refractivity contribution in [1.29, 1.82) is 0 Å². The van der Waals surface area contributed by atoms with Crippen molar-refractivity contribution in [2.75, 3.05) is 13.1 Å². The Kier molecular flexibility index (Phi) is 4.34. The molecular weight excluding hydrogens is 330 g/mol. The molecule has 1 fully saturated rings. The first-order valence-electron chi connectivity index (χ1n) is 7.61. The molecule has 24 heavy (non-hydrogen) atoms. The number of halogens is 1. The molecule has 126 valence electrons. The minimum atomic E-state index is -0.987. The Hall–Kier alpha value is -2.31. The lowest BCUT2D eigenvalue weighted by Crippen LogP contribution is -2.37. The summed E-state index contributed by atoms with van der Waals surface area (Å²) in [6.07, 6.45) is 2.31. The average Bonchev–Trinajstić information content (AvgIpc) is 3.14. The van der Waals surface area contributed by atoms with Gasteiger partial charge in [0.1, 0.15) is 5.69 Å². The highest BCUT2D eigenvalue weighted by atomic mass is 35.5. The molecule has 7 heteroatoms. The normalized spacial score (nSPS) is 20.3. The number of likely N-dealkylation sites (tertiary alicyclic amines) is 1. The number of H-pyrrole nitrogens is 1. The molecule has 0 aliphatic carbocycles. The molecule has 0 saturated carbocycles. The van der Waals surface area contributed by atoms with E-state index in [1.54, 1.807) is 11.0 Å². The van der Waals surface area contributed by atoms with Crippen molar-refractivity contribution in [3.05, 3.63) is 58.4 Å². The second kappa shape index (κ2) is 6.30. The monoisotopic (exact) mass is 347 g/mol. The van der Waals surface area contributed by atoms with Gasteiger partial charge in [-0.25, -0.2) is 0 Å². The molecule has 2 heterocycles. The molecule has 1 aliphatic rings.